The van der Waals surface area contributed by atoms with E-state index in [1.54, 1.807) is 21.3 Å². The molecule has 23 heavy (non-hydrogen) atoms. The Bertz CT molecular complexity index is 500. The number of hydrogen-bond donors (Lipinski definition) is 1. The van der Waals surface area contributed by atoms with Crippen LogP contribution in [-0.2, 0) is 0 Å². The van der Waals surface area contributed by atoms with Crippen molar-refractivity contribution in [2.24, 2.45) is 5.92 Å². The topological polar surface area (TPSA) is 43.0 Å². The van der Waals surface area contributed by atoms with Gasteiger partial charge in [-0.3, -0.25) is 4.90 Å². The van der Waals surface area contributed by atoms with Crippen LogP contribution in [0.4, 0.5) is 0 Å². The molecule has 2 aliphatic rings. The quantitative estimate of drug-likeness (QED) is 0.836. The minimum atomic E-state index is 0.348. The Hall–Kier alpha value is -1.46. The van der Waals surface area contributed by atoms with Crippen molar-refractivity contribution in [2.75, 3.05) is 47.5 Å². The molecular formula is C18H28N2O3. The summed E-state index contributed by atoms with van der Waals surface area (Å²) in [4.78, 5) is 2.57. The van der Waals surface area contributed by atoms with Crippen LogP contribution in [0, 0.1) is 5.92 Å². The van der Waals surface area contributed by atoms with Gasteiger partial charge in [-0.1, -0.05) is 12.8 Å². The molecule has 128 valence electrons. The highest BCUT2D eigenvalue weighted by molar-refractivity contribution is 5.52. The van der Waals surface area contributed by atoms with Gasteiger partial charge in [0.2, 0.25) is 0 Å². The predicted octanol–water partition coefficient (Wildman–Crippen LogP) is 2.46. The molecule has 1 saturated carbocycles. The molecule has 0 aromatic heterocycles. The molecule has 3 rings (SSSR count). The molecule has 1 atom stereocenters. The number of rotatable bonds is 7. The number of methoxy groups -OCH3 is 3. The second kappa shape index (κ2) is 7.41. The first-order valence-electron chi connectivity index (χ1n) is 8.51. The normalized spacial score (nSPS) is 20.1. The van der Waals surface area contributed by atoms with Crippen molar-refractivity contribution in [1.29, 1.82) is 0 Å². The molecule has 2 fully saturated rings. The first kappa shape index (κ1) is 16.4. The maximum Gasteiger partial charge on any atom is 0.131 e. The third-order valence-electron chi connectivity index (χ3n) is 4.93. The van der Waals surface area contributed by atoms with Gasteiger partial charge in [0.1, 0.15) is 17.2 Å². The van der Waals surface area contributed by atoms with E-state index in [0.29, 0.717) is 6.04 Å². The summed E-state index contributed by atoms with van der Waals surface area (Å²) in [6.45, 7) is 4.22. The highest BCUT2D eigenvalue weighted by Gasteiger charge is 2.34. The van der Waals surface area contributed by atoms with Crippen LogP contribution in [-0.4, -0.2) is 52.4 Å². The lowest BCUT2D eigenvalue weighted by atomic mass is 9.96. The molecule has 1 aromatic carbocycles. The smallest absolute Gasteiger partial charge is 0.131 e. The van der Waals surface area contributed by atoms with E-state index in [2.05, 4.69) is 10.2 Å². The Morgan fingerprint density at radius 1 is 1.04 bits per heavy atom. The number of piperazine rings is 1. The summed E-state index contributed by atoms with van der Waals surface area (Å²) in [7, 11) is 5.12. The van der Waals surface area contributed by atoms with Gasteiger partial charge in [-0.15, -0.1) is 0 Å². The van der Waals surface area contributed by atoms with E-state index in [1.165, 1.54) is 24.8 Å². The fourth-order valence-electron chi connectivity index (χ4n) is 3.47. The Morgan fingerprint density at radius 2 is 1.65 bits per heavy atom. The molecule has 1 N–H and O–H groups in total. The fraction of sp³-hybridized carbons (Fsp3) is 0.667. The summed E-state index contributed by atoms with van der Waals surface area (Å²) in [5.74, 6) is 3.34. The molecule has 0 amide bonds. The molecule has 5 nitrogen and oxygen atoms in total. The van der Waals surface area contributed by atoms with Crippen molar-refractivity contribution >= 4 is 0 Å². The molecule has 0 unspecified atom stereocenters. The zero-order chi connectivity index (χ0) is 16.2. The lowest BCUT2D eigenvalue weighted by molar-refractivity contribution is 0.154. The molecule has 0 spiro atoms. The molecule has 1 heterocycles. The minimum Gasteiger partial charge on any atom is -0.496 e. The van der Waals surface area contributed by atoms with Crippen LogP contribution in [0.15, 0.2) is 12.1 Å². The average Bonchev–Trinajstić information content (AvgIpc) is 3.43. The maximum absolute atomic E-state index is 5.70. The summed E-state index contributed by atoms with van der Waals surface area (Å²) in [6.07, 6.45) is 3.88. The molecule has 0 bridgehead atoms. The monoisotopic (exact) mass is 320 g/mol. The highest BCUT2D eigenvalue weighted by atomic mass is 16.5. The van der Waals surface area contributed by atoms with Crippen molar-refractivity contribution in [2.45, 2.75) is 25.3 Å². The van der Waals surface area contributed by atoms with E-state index in [4.69, 9.17) is 14.2 Å². The first-order chi connectivity index (χ1) is 11.3. The number of nitrogens with one attached hydrogen (secondary N) is 1. The third-order valence-corrected chi connectivity index (χ3v) is 4.93. The van der Waals surface area contributed by atoms with Gasteiger partial charge in [-0.25, -0.2) is 0 Å². The third kappa shape index (κ3) is 3.72. The second-order valence-electron chi connectivity index (χ2n) is 6.43. The number of ether oxygens (including phenoxy) is 3. The van der Waals surface area contributed by atoms with Crippen molar-refractivity contribution in [3.8, 4) is 17.2 Å². The summed E-state index contributed by atoms with van der Waals surface area (Å²) in [6, 6.07) is 4.29. The summed E-state index contributed by atoms with van der Waals surface area (Å²) in [5, 5.41) is 3.44. The average molecular weight is 320 g/mol. The van der Waals surface area contributed by atoms with E-state index >= 15 is 0 Å². The van der Waals surface area contributed by atoms with E-state index in [0.717, 1.165) is 49.3 Å². The SMILES string of the molecule is COc1cc(OC)c([C@H](CC2CC2)N2CCNCC2)c(OC)c1. The van der Waals surface area contributed by atoms with Crippen molar-refractivity contribution in [1.82, 2.24) is 10.2 Å². The largest absolute Gasteiger partial charge is 0.496 e. The number of nitrogens with zero attached hydrogens (tertiary/aromatic N) is 1. The zero-order valence-electron chi connectivity index (χ0n) is 14.4. The molecule has 1 aliphatic carbocycles. The highest BCUT2D eigenvalue weighted by Crippen LogP contribution is 2.46. The Kier molecular flexibility index (Phi) is 5.28. The summed E-state index contributed by atoms with van der Waals surface area (Å²) in [5.41, 5.74) is 1.17. The van der Waals surface area contributed by atoms with Gasteiger partial charge in [0.05, 0.1) is 26.9 Å². The van der Waals surface area contributed by atoms with Crippen molar-refractivity contribution in [3.05, 3.63) is 17.7 Å². The van der Waals surface area contributed by atoms with Crippen LogP contribution in [0.3, 0.4) is 0 Å². The molecule has 1 aliphatic heterocycles. The number of hydrogen-bond acceptors (Lipinski definition) is 5. The van der Waals surface area contributed by atoms with Gasteiger partial charge in [-0.2, -0.15) is 0 Å². The Morgan fingerprint density at radius 3 is 2.13 bits per heavy atom. The van der Waals surface area contributed by atoms with Gasteiger partial charge in [0, 0.05) is 44.4 Å². The van der Waals surface area contributed by atoms with E-state index in [9.17, 15) is 0 Å². The lowest BCUT2D eigenvalue weighted by Gasteiger charge is -2.36. The van der Waals surface area contributed by atoms with E-state index in [1.807, 2.05) is 12.1 Å². The predicted molar refractivity (Wildman–Crippen MR) is 90.6 cm³/mol. The van der Waals surface area contributed by atoms with E-state index in [-0.39, 0.29) is 0 Å². The van der Waals surface area contributed by atoms with Crippen molar-refractivity contribution in [3.63, 3.8) is 0 Å². The fourth-order valence-corrected chi connectivity index (χ4v) is 3.47. The van der Waals surface area contributed by atoms with Crippen LogP contribution < -0.4 is 19.5 Å². The van der Waals surface area contributed by atoms with Crippen LogP contribution in [0.5, 0.6) is 17.2 Å². The van der Waals surface area contributed by atoms with Gasteiger partial charge < -0.3 is 19.5 Å². The van der Waals surface area contributed by atoms with Crippen LogP contribution in [0.1, 0.15) is 30.9 Å². The first-order valence-corrected chi connectivity index (χ1v) is 8.51. The number of benzene rings is 1. The molecule has 1 saturated heterocycles. The van der Waals surface area contributed by atoms with Crippen molar-refractivity contribution < 1.29 is 14.2 Å². The second-order valence-corrected chi connectivity index (χ2v) is 6.43. The summed E-state index contributed by atoms with van der Waals surface area (Å²) >= 11 is 0. The molecule has 0 radical (unpaired) electrons. The van der Waals surface area contributed by atoms with Gasteiger partial charge in [-0.05, 0) is 12.3 Å². The Labute approximate surface area is 138 Å². The minimum absolute atomic E-state index is 0.348. The summed E-state index contributed by atoms with van der Waals surface area (Å²) < 4.78 is 16.8. The zero-order valence-corrected chi connectivity index (χ0v) is 14.4. The molecule has 5 heteroatoms. The molecule has 1 aromatic rings. The maximum atomic E-state index is 5.70. The molecular weight excluding hydrogens is 292 g/mol. The van der Waals surface area contributed by atoms with E-state index < -0.39 is 0 Å². The van der Waals surface area contributed by atoms with Gasteiger partial charge >= 0.3 is 0 Å². The van der Waals surface area contributed by atoms with Gasteiger partial charge in [0.25, 0.3) is 0 Å². The van der Waals surface area contributed by atoms with Crippen LogP contribution in [0.25, 0.3) is 0 Å². The Balaban J connectivity index is 1.98. The van der Waals surface area contributed by atoms with Gasteiger partial charge in [0.15, 0.2) is 0 Å². The van der Waals surface area contributed by atoms with Crippen LogP contribution >= 0.6 is 0 Å². The standard InChI is InChI=1S/C18H28N2O3/c1-21-14-11-16(22-2)18(17(12-14)23-3)15(10-13-4-5-13)20-8-6-19-7-9-20/h11-13,15,19H,4-10H2,1-3H3/t15-/m0/s1. The lowest BCUT2D eigenvalue weighted by Crippen LogP contribution is -2.45. The van der Waals surface area contributed by atoms with Crippen LogP contribution in [0.2, 0.25) is 0 Å².